The normalized spacial score (nSPS) is 14.5. The first kappa shape index (κ1) is 15.7. The molecule has 0 aliphatic heterocycles. The van der Waals surface area contributed by atoms with Gasteiger partial charge in [-0.05, 0) is 42.5 Å². The highest BCUT2D eigenvalue weighted by Gasteiger charge is 2.24. The van der Waals surface area contributed by atoms with Gasteiger partial charge in [-0.3, -0.25) is 9.78 Å². The van der Waals surface area contributed by atoms with Crippen LogP contribution in [-0.2, 0) is 6.42 Å². The van der Waals surface area contributed by atoms with Gasteiger partial charge in [0.05, 0.1) is 5.69 Å². The second-order valence-electron chi connectivity index (χ2n) is 6.80. The Morgan fingerprint density at radius 1 is 1.22 bits per heavy atom. The number of nitrogens with zero attached hydrogens (tertiary/aromatic N) is 1. The fourth-order valence-corrected chi connectivity index (χ4v) is 3.34. The maximum absolute atomic E-state index is 11.7. The number of allylic oxidation sites excluding steroid dienone is 1. The lowest BCUT2D eigenvalue weighted by molar-refractivity contribution is 0.101. The Hall–Kier alpha value is -2.22. The molecule has 1 aliphatic carbocycles. The Kier molecular flexibility index (Phi) is 4.42. The van der Waals surface area contributed by atoms with Crippen LogP contribution in [0.25, 0.3) is 6.08 Å². The number of ketones is 1. The van der Waals surface area contributed by atoms with Gasteiger partial charge in [-0.2, -0.15) is 0 Å². The van der Waals surface area contributed by atoms with Crippen molar-refractivity contribution in [3.8, 4) is 0 Å². The molecule has 1 heterocycles. The number of carbonyl (C=O) groups excluding carboxylic acids is 1. The molecule has 2 aromatic rings. The average Bonchev–Trinajstić information content (AvgIpc) is 2.96. The van der Waals surface area contributed by atoms with Crippen molar-refractivity contribution in [2.45, 2.75) is 39.5 Å². The number of rotatable bonds is 5. The summed E-state index contributed by atoms with van der Waals surface area (Å²) in [4.78, 5) is 16.2. The van der Waals surface area contributed by atoms with E-state index >= 15 is 0 Å². The van der Waals surface area contributed by atoms with Gasteiger partial charge in [0.15, 0.2) is 5.78 Å². The Labute approximate surface area is 138 Å². The zero-order valence-electron chi connectivity index (χ0n) is 14.0. The number of carbonyl (C=O) groups is 1. The van der Waals surface area contributed by atoms with Crippen molar-refractivity contribution in [2.75, 3.05) is 0 Å². The fraction of sp³-hybridized carbons (Fsp3) is 0.333. The van der Waals surface area contributed by atoms with Gasteiger partial charge < -0.3 is 0 Å². The standard InChI is InChI=1S/C21H23NO/c1-14(2)10-20(17-7-4-6-16(11-17)15(3)23)19-12-18-8-5-9-22-21(18)13-19/h4-9,11-12,14,20H,10,13H2,1-3H3. The van der Waals surface area contributed by atoms with Crippen molar-refractivity contribution < 1.29 is 4.79 Å². The summed E-state index contributed by atoms with van der Waals surface area (Å²) < 4.78 is 0. The monoisotopic (exact) mass is 305 g/mol. The number of hydrogen-bond donors (Lipinski definition) is 0. The van der Waals surface area contributed by atoms with Gasteiger partial charge in [0.25, 0.3) is 0 Å². The zero-order valence-corrected chi connectivity index (χ0v) is 14.0. The number of aromatic nitrogens is 1. The maximum atomic E-state index is 11.7. The Morgan fingerprint density at radius 3 is 2.74 bits per heavy atom. The van der Waals surface area contributed by atoms with Gasteiger partial charge in [-0.1, -0.05) is 49.8 Å². The molecule has 0 saturated carbocycles. The molecular formula is C21H23NO. The van der Waals surface area contributed by atoms with Gasteiger partial charge in [0.1, 0.15) is 0 Å². The molecule has 1 aromatic heterocycles. The number of fused-ring (bicyclic) bond motifs is 1. The fourth-order valence-electron chi connectivity index (χ4n) is 3.34. The average molecular weight is 305 g/mol. The van der Waals surface area contributed by atoms with E-state index in [0.29, 0.717) is 11.8 Å². The molecule has 0 fully saturated rings. The molecule has 0 spiro atoms. The van der Waals surface area contributed by atoms with E-state index in [2.05, 4.69) is 43.1 Å². The third-order valence-electron chi connectivity index (χ3n) is 4.49. The minimum atomic E-state index is 0.125. The number of pyridine rings is 1. The van der Waals surface area contributed by atoms with Crippen molar-refractivity contribution in [2.24, 2.45) is 5.92 Å². The Bertz CT molecular complexity index is 758. The Morgan fingerprint density at radius 2 is 2.04 bits per heavy atom. The molecule has 1 aliphatic rings. The van der Waals surface area contributed by atoms with E-state index in [4.69, 9.17) is 0 Å². The van der Waals surface area contributed by atoms with Crippen LogP contribution in [0.4, 0.5) is 0 Å². The SMILES string of the molecule is CC(=O)c1cccc(C(CC(C)C)C2=Cc3cccnc3C2)c1. The highest BCUT2D eigenvalue weighted by atomic mass is 16.1. The van der Waals surface area contributed by atoms with E-state index in [1.165, 1.54) is 22.4 Å². The third kappa shape index (κ3) is 3.42. The third-order valence-corrected chi connectivity index (χ3v) is 4.49. The topological polar surface area (TPSA) is 30.0 Å². The predicted molar refractivity (Wildman–Crippen MR) is 94.6 cm³/mol. The van der Waals surface area contributed by atoms with E-state index in [1.807, 2.05) is 24.4 Å². The highest BCUT2D eigenvalue weighted by molar-refractivity contribution is 5.94. The summed E-state index contributed by atoms with van der Waals surface area (Å²) in [5.74, 6) is 1.07. The first-order chi connectivity index (χ1) is 11.0. The van der Waals surface area contributed by atoms with E-state index in [1.54, 1.807) is 6.92 Å². The summed E-state index contributed by atoms with van der Waals surface area (Å²) in [6, 6.07) is 12.2. The summed E-state index contributed by atoms with van der Waals surface area (Å²) in [6.07, 6.45) is 6.15. The number of benzene rings is 1. The lowest BCUT2D eigenvalue weighted by atomic mass is 9.83. The molecule has 1 aromatic carbocycles. The van der Waals surface area contributed by atoms with Crippen LogP contribution in [0.1, 0.15) is 60.3 Å². The summed E-state index contributed by atoms with van der Waals surface area (Å²) >= 11 is 0. The minimum absolute atomic E-state index is 0.125. The molecule has 2 nitrogen and oxygen atoms in total. The molecule has 1 unspecified atom stereocenters. The van der Waals surface area contributed by atoms with Crippen LogP contribution in [0.2, 0.25) is 0 Å². The van der Waals surface area contributed by atoms with Gasteiger partial charge in [0, 0.05) is 24.1 Å². The van der Waals surface area contributed by atoms with Crippen molar-refractivity contribution >= 4 is 11.9 Å². The molecule has 2 heteroatoms. The molecule has 3 rings (SSSR count). The van der Waals surface area contributed by atoms with Crippen LogP contribution in [0.15, 0.2) is 48.2 Å². The summed E-state index contributed by atoms with van der Waals surface area (Å²) in [6.45, 7) is 6.14. The molecule has 1 atom stereocenters. The van der Waals surface area contributed by atoms with Crippen molar-refractivity contribution in [1.82, 2.24) is 4.98 Å². The first-order valence-electron chi connectivity index (χ1n) is 8.30. The van der Waals surface area contributed by atoms with Crippen molar-refractivity contribution in [1.29, 1.82) is 0 Å². The van der Waals surface area contributed by atoms with Gasteiger partial charge in [0.2, 0.25) is 0 Å². The lowest BCUT2D eigenvalue weighted by Crippen LogP contribution is -2.08. The molecule has 0 saturated heterocycles. The molecule has 0 amide bonds. The molecular weight excluding hydrogens is 282 g/mol. The molecule has 0 bridgehead atoms. The van der Waals surface area contributed by atoms with E-state index in [9.17, 15) is 4.79 Å². The van der Waals surface area contributed by atoms with Crippen LogP contribution in [0.5, 0.6) is 0 Å². The molecule has 0 radical (unpaired) electrons. The molecule has 23 heavy (non-hydrogen) atoms. The summed E-state index contributed by atoms with van der Waals surface area (Å²) in [7, 11) is 0. The van der Waals surface area contributed by atoms with Crippen LogP contribution < -0.4 is 0 Å². The van der Waals surface area contributed by atoms with E-state index in [-0.39, 0.29) is 5.78 Å². The van der Waals surface area contributed by atoms with E-state index < -0.39 is 0 Å². The largest absolute Gasteiger partial charge is 0.295 e. The second-order valence-corrected chi connectivity index (χ2v) is 6.80. The predicted octanol–water partition coefficient (Wildman–Crippen LogP) is 5.05. The number of Topliss-reactive ketones (excluding diaryl/α,β-unsaturated/α-hetero) is 1. The lowest BCUT2D eigenvalue weighted by Gasteiger charge is -2.21. The quantitative estimate of drug-likeness (QED) is 0.723. The second kappa shape index (κ2) is 6.49. The van der Waals surface area contributed by atoms with Crippen LogP contribution in [0.3, 0.4) is 0 Å². The van der Waals surface area contributed by atoms with E-state index in [0.717, 1.165) is 18.4 Å². The zero-order chi connectivity index (χ0) is 16.4. The van der Waals surface area contributed by atoms with Crippen LogP contribution in [0, 0.1) is 5.92 Å². The van der Waals surface area contributed by atoms with Gasteiger partial charge in [-0.25, -0.2) is 0 Å². The highest BCUT2D eigenvalue weighted by Crippen LogP contribution is 2.38. The smallest absolute Gasteiger partial charge is 0.159 e. The first-order valence-corrected chi connectivity index (χ1v) is 8.30. The minimum Gasteiger partial charge on any atom is -0.295 e. The summed E-state index contributed by atoms with van der Waals surface area (Å²) in [5, 5.41) is 0. The summed E-state index contributed by atoms with van der Waals surface area (Å²) in [5.41, 5.74) is 5.85. The van der Waals surface area contributed by atoms with Crippen LogP contribution in [-0.4, -0.2) is 10.8 Å². The van der Waals surface area contributed by atoms with Crippen molar-refractivity contribution in [3.63, 3.8) is 0 Å². The van der Waals surface area contributed by atoms with Crippen LogP contribution >= 0.6 is 0 Å². The maximum Gasteiger partial charge on any atom is 0.159 e. The van der Waals surface area contributed by atoms with Gasteiger partial charge in [-0.15, -0.1) is 0 Å². The molecule has 0 N–H and O–H groups in total. The molecule has 118 valence electrons. The number of hydrogen-bond acceptors (Lipinski definition) is 2. The van der Waals surface area contributed by atoms with Crippen molar-refractivity contribution in [3.05, 3.63) is 70.6 Å². The van der Waals surface area contributed by atoms with Gasteiger partial charge >= 0.3 is 0 Å². The Balaban J connectivity index is 1.97.